The van der Waals surface area contributed by atoms with Gasteiger partial charge in [0.25, 0.3) is 0 Å². The molecule has 3 rings (SSSR count). The minimum atomic E-state index is 0.0581. The summed E-state index contributed by atoms with van der Waals surface area (Å²) in [5.41, 5.74) is 4.25. The number of fused-ring (bicyclic) bond motifs is 1. The summed E-state index contributed by atoms with van der Waals surface area (Å²) in [6.07, 6.45) is 0. The van der Waals surface area contributed by atoms with Gasteiger partial charge < -0.3 is 18.9 Å². The molecule has 0 saturated carbocycles. The minimum absolute atomic E-state index is 0.0581. The molecule has 0 aliphatic heterocycles. The number of thiophene rings is 1. The van der Waals surface area contributed by atoms with Gasteiger partial charge in [0, 0.05) is 25.0 Å². The third kappa shape index (κ3) is 4.77. The lowest BCUT2D eigenvalue weighted by molar-refractivity contribution is -0.119. The molecule has 0 bridgehead atoms. The fourth-order valence-electron chi connectivity index (χ4n) is 3.13. The lowest BCUT2D eigenvalue weighted by atomic mass is 10.2. The molecule has 0 fully saturated rings. The van der Waals surface area contributed by atoms with Gasteiger partial charge in [0.1, 0.15) is 6.54 Å². The first-order chi connectivity index (χ1) is 13.1. The highest BCUT2D eigenvalue weighted by molar-refractivity contribution is 7.17. The van der Waals surface area contributed by atoms with Crippen LogP contribution < -0.4 is 4.90 Å². The summed E-state index contributed by atoms with van der Waals surface area (Å²) < 4.78 is 13.9. The third-order valence-electron chi connectivity index (χ3n) is 4.53. The Morgan fingerprint density at radius 2 is 2.00 bits per heavy atom. The first kappa shape index (κ1) is 19.6. The number of ether oxygens (including phenoxy) is 2. The monoisotopic (exact) mass is 386 g/mol. The van der Waals surface area contributed by atoms with Crippen LogP contribution in [0.15, 0.2) is 41.8 Å². The van der Waals surface area contributed by atoms with Gasteiger partial charge in [-0.25, -0.2) is 0 Å². The number of hydrogen-bond donors (Lipinski definition) is 0. The molecule has 0 radical (unpaired) electrons. The number of rotatable bonds is 9. The second-order valence-electron chi connectivity index (χ2n) is 6.53. The molecule has 0 spiro atoms. The van der Waals surface area contributed by atoms with Crippen molar-refractivity contribution in [3.8, 4) is 0 Å². The molecule has 2 aromatic heterocycles. The minimum Gasteiger partial charge on any atom is -0.382 e. The van der Waals surface area contributed by atoms with Gasteiger partial charge in [0.2, 0.25) is 5.91 Å². The molecular weight excluding hydrogens is 360 g/mol. The molecule has 144 valence electrons. The predicted molar refractivity (Wildman–Crippen MR) is 111 cm³/mol. The van der Waals surface area contributed by atoms with Gasteiger partial charge in [0.15, 0.2) is 0 Å². The number of aromatic nitrogens is 1. The molecule has 0 aliphatic rings. The normalized spacial score (nSPS) is 11.2. The van der Waals surface area contributed by atoms with Crippen molar-refractivity contribution in [1.29, 1.82) is 0 Å². The van der Waals surface area contributed by atoms with Crippen molar-refractivity contribution >= 4 is 33.1 Å². The zero-order chi connectivity index (χ0) is 19.2. The number of carbonyl (C=O) groups excluding carboxylic acids is 1. The van der Waals surface area contributed by atoms with Gasteiger partial charge in [-0.3, -0.25) is 4.79 Å². The van der Waals surface area contributed by atoms with Gasteiger partial charge in [-0.05, 0) is 49.1 Å². The predicted octanol–water partition coefficient (Wildman–Crippen LogP) is 4.02. The molecule has 27 heavy (non-hydrogen) atoms. The van der Waals surface area contributed by atoms with Crippen LogP contribution in [0.1, 0.15) is 11.3 Å². The number of anilines is 1. The summed E-state index contributed by atoms with van der Waals surface area (Å²) in [7, 11) is 1.65. The number of aryl methyl sites for hydroxylation is 2. The largest absolute Gasteiger partial charge is 0.382 e. The molecule has 0 atom stereocenters. The summed E-state index contributed by atoms with van der Waals surface area (Å²) in [5.74, 6) is 0.0581. The van der Waals surface area contributed by atoms with Crippen LogP contribution in [0.3, 0.4) is 0 Å². The Balaban J connectivity index is 1.77. The highest BCUT2D eigenvalue weighted by Gasteiger charge is 2.18. The Bertz CT molecular complexity index is 900. The van der Waals surface area contributed by atoms with E-state index < -0.39 is 0 Å². The summed E-state index contributed by atoms with van der Waals surface area (Å²) in [6.45, 7) is 6.46. The second-order valence-corrected chi connectivity index (χ2v) is 7.48. The molecule has 0 unspecified atom stereocenters. The fourth-order valence-corrected chi connectivity index (χ4v) is 4.01. The number of hydrogen-bond acceptors (Lipinski definition) is 4. The number of amides is 1. The van der Waals surface area contributed by atoms with E-state index in [2.05, 4.69) is 22.1 Å². The van der Waals surface area contributed by atoms with Crippen molar-refractivity contribution in [1.82, 2.24) is 4.57 Å². The van der Waals surface area contributed by atoms with Gasteiger partial charge in [-0.2, -0.15) is 0 Å². The fraction of sp³-hybridized carbons (Fsp3) is 0.381. The van der Waals surface area contributed by atoms with E-state index in [0.29, 0.717) is 32.9 Å². The molecule has 6 heteroatoms. The molecule has 0 saturated heterocycles. The van der Waals surface area contributed by atoms with E-state index >= 15 is 0 Å². The quantitative estimate of drug-likeness (QED) is 0.522. The molecule has 3 aromatic rings. The SMILES string of the molecule is COCCOCCN(C(=O)Cn1c(C)cc2sccc21)c1cccc(C)c1. The Morgan fingerprint density at radius 3 is 2.78 bits per heavy atom. The Hall–Kier alpha value is -2.15. The first-order valence-electron chi connectivity index (χ1n) is 9.07. The Labute approximate surface area is 164 Å². The highest BCUT2D eigenvalue weighted by atomic mass is 32.1. The van der Waals surface area contributed by atoms with Crippen molar-refractivity contribution in [2.24, 2.45) is 0 Å². The van der Waals surface area contributed by atoms with E-state index in [-0.39, 0.29) is 5.91 Å². The number of carbonyl (C=O) groups is 1. The summed E-state index contributed by atoms with van der Waals surface area (Å²) in [6, 6.07) is 12.2. The number of methoxy groups -OCH3 is 1. The van der Waals surface area contributed by atoms with E-state index in [0.717, 1.165) is 22.5 Å². The molecule has 2 heterocycles. The average molecular weight is 387 g/mol. The molecule has 0 aliphatic carbocycles. The van der Waals surface area contributed by atoms with Crippen LogP contribution in [0.2, 0.25) is 0 Å². The van der Waals surface area contributed by atoms with Crippen LogP contribution in [0, 0.1) is 13.8 Å². The summed E-state index contributed by atoms with van der Waals surface area (Å²) in [5, 5.41) is 2.06. The lowest BCUT2D eigenvalue weighted by Crippen LogP contribution is -2.37. The number of benzene rings is 1. The van der Waals surface area contributed by atoms with Crippen LogP contribution in [-0.4, -0.2) is 43.9 Å². The van der Waals surface area contributed by atoms with Gasteiger partial charge >= 0.3 is 0 Å². The molecule has 1 aromatic carbocycles. The topological polar surface area (TPSA) is 43.7 Å². The van der Waals surface area contributed by atoms with Crippen molar-refractivity contribution < 1.29 is 14.3 Å². The maximum absolute atomic E-state index is 13.2. The van der Waals surface area contributed by atoms with E-state index in [4.69, 9.17) is 9.47 Å². The van der Waals surface area contributed by atoms with Crippen molar-refractivity contribution in [2.75, 3.05) is 38.4 Å². The smallest absolute Gasteiger partial charge is 0.247 e. The number of nitrogens with zero attached hydrogens (tertiary/aromatic N) is 2. The molecule has 1 amide bonds. The summed E-state index contributed by atoms with van der Waals surface area (Å²) >= 11 is 1.70. The van der Waals surface area contributed by atoms with Gasteiger partial charge in [0.05, 0.1) is 30.0 Å². The molecular formula is C21H26N2O3S. The Kier molecular flexibility index (Phi) is 6.66. The van der Waals surface area contributed by atoms with Crippen LogP contribution in [0.25, 0.3) is 10.2 Å². The maximum Gasteiger partial charge on any atom is 0.247 e. The van der Waals surface area contributed by atoms with E-state index in [1.807, 2.05) is 43.0 Å². The molecule has 5 nitrogen and oxygen atoms in total. The highest BCUT2D eigenvalue weighted by Crippen LogP contribution is 2.25. The van der Waals surface area contributed by atoms with Gasteiger partial charge in [-0.15, -0.1) is 11.3 Å². The van der Waals surface area contributed by atoms with E-state index in [9.17, 15) is 4.79 Å². The van der Waals surface area contributed by atoms with E-state index in [1.165, 1.54) is 4.70 Å². The zero-order valence-electron chi connectivity index (χ0n) is 16.1. The standard InChI is InChI=1S/C21H26N2O3S/c1-16-5-4-6-18(13-16)22(8-9-26-11-10-25-3)21(24)15-23-17(2)14-20-19(23)7-12-27-20/h4-7,12-14H,8-11,15H2,1-3H3. The van der Waals surface area contributed by atoms with Crippen LogP contribution in [-0.2, 0) is 20.8 Å². The average Bonchev–Trinajstić information content (AvgIpc) is 3.20. The molecule has 0 N–H and O–H groups in total. The van der Waals surface area contributed by atoms with Crippen LogP contribution in [0.5, 0.6) is 0 Å². The van der Waals surface area contributed by atoms with Crippen molar-refractivity contribution in [2.45, 2.75) is 20.4 Å². The second kappa shape index (κ2) is 9.17. The maximum atomic E-state index is 13.2. The van der Waals surface area contributed by atoms with Crippen molar-refractivity contribution in [3.05, 3.63) is 53.0 Å². The van der Waals surface area contributed by atoms with Gasteiger partial charge in [-0.1, -0.05) is 12.1 Å². The zero-order valence-corrected chi connectivity index (χ0v) is 16.9. The lowest BCUT2D eigenvalue weighted by Gasteiger charge is -2.24. The van der Waals surface area contributed by atoms with Crippen molar-refractivity contribution in [3.63, 3.8) is 0 Å². The third-order valence-corrected chi connectivity index (χ3v) is 5.38. The Morgan fingerprint density at radius 1 is 1.15 bits per heavy atom. The first-order valence-corrected chi connectivity index (χ1v) is 9.95. The van der Waals surface area contributed by atoms with E-state index in [1.54, 1.807) is 18.4 Å². The van der Waals surface area contributed by atoms with Crippen LogP contribution in [0.4, 0.5) is 5.69 Å². The summed E-state index contributed by atoms with van der Waals surface area (Å²) in [4.78, 5) is 15.0. The van der Waals surface area contributed by atoms with Crippen LogP contribution >= 0.6 is 11.3 Å².